The second-order valence-electron chi connectivity index (χ2n) is 8.27. The van der Waals surface area contributed by atoms with Gasteiger partial charge in [-0.15, -0.1) is 11.3 Å². The molecule has 1 amide bonds. The fourth-order valence-corrected chi connectivity index (χ4v) is 6.98. The maximum absolute atomic E-state index is 12.9. The maximum Gasteiger partial charge on any atom is 0.243 e. The Morgan fingerprint density at radius 3 is 2.43 bits per heavy atom. The minimum atomic E-state index is -3.42. The summed E-state index contributed by atoms with van der Waals surface area (Å²) in [5.41, 5.74) is 2.28. The average molecular weight is 447 g/mol. The molecule has 0 unspecified atom stereocenters. The summed E-state index contributed by atoms with van der Waals surface area (Å²) in [6.07, 6.45) is 6.07. The molecule has 0 spiro atoms. The van der Waals surface area contributed by atoms with E-state index < -0.39 is 10.0 Å². The van der Waals surface area contributed by atoms with Crippen LogP contribution < -0.4 is 0 Å². The fraction of sp³-hybridized carbons (Fsp3) is 0.522. The number of amides is 1. The van der Waals surface area contributed by atoms with Gasteiger partial charge in [-0.05, 0) is 67.3 Å². The van der Waals surface area contributed by atoms with E-state index >= 15 is 0 Å². The molecule has 0 N–H and O–H groups in total. The van der Waals surface area contributed by atoms with Crippen molar-refractivity contribution in [2.75, 3.05) is 19.6 Å². The van der Waals surface area contributed by atoms with E-state index in [0.717, 1.165) is 44.2 Å². The molecule has 0 aliphatic carbocycles. The number of hydrogen-bond acceptors (Lipinski definition) is 4. The number of rotatable bonds is 5. The Morgan fingerprint density at radius 1 is 1.03 bits per heavy atom. The van der Waals surface area contributed by atoms with Crippen molar-refractivity contribution in [2.24, 2.45) is 0 Å². The zero-order valence-corrected chi connectivity index (χ0v) is 19.2. The predicted molar refractivity (Wildman–Crippen MR) is 120 cm³/mol. The normalized spacial score (nSPS) is 20.6. The zero-order chi connectivity index (χ0) is 21.1. The minimum absolute atomic E-state index is 0.133. The number of aryl methyl sites for hydroxylation is 1. The lowest BCUT2D eigenvalue weighted by molar-refractivity contribution is -0.133. The van der Waals surface area contributed by atoms with Crippen molar-refractivity contribution in [2.45, 2.75) is 62.8 Å². The molecule has 0 saturated carbocycles. The summed E-state index contributed by atoms with van der Waals surface area (Å²) >= 11 is 1.78. The number of sulfonamides is 1. The molecule has 2 aromatic rings. The number of nitrogens with zero attached hydrogens (tertiary/aromatic N) is 2. The Balaban J connectivity index is 1.36. The van der Waals surface area contributed by atoms with Gasteiger partial charge in [0.15, 0.2) is 0 Å². The number of thiophene rings is 1. The summed E-state index contributed by atoms with van der Waals surface area (Å²) in [6.45, 7) is 4.10. The number of carbonyl (C=O) groups excluding carboxylic acids is 1. The number of carbonyl (C=O) groups is 1. The van der Waals surface area contributed by atoms with Gasteiger partial charge in [0.1, 0.15) is 0 Å². The van der Waals surface area contributed by atoms with Crippen molar-refractivity contribution < 1.29 is 13.2 Å². The molecule has 1 aromatic heterocycles. The molecule has 1 aromatic carbocycles. The van der Waals surface area contributed by atoms with Crippen LogP contribution in [-0.4, -0.2) is 43.2 Å². The Labute approximate surface area is 183 Å². The van der Waals surface area contributed by atoms with Crippen molar-refractivity contribution in [1.82, 2.24) is 9.21 Å². The van der Waals surface area contributed by atoms with Crippen LogP contribution >= 0.6 is 11.3 Å². The molecule has 2 aliphatic heterocycles. The molecule has 4 rings (SSSR count). The van der Waals surface area contributed by atoms with Gasteiger partial charge in [-0.3, -0.25) is 4.79 Å². The molecular weight excluding hydrogens is 416 g/mol. The molecule has 1 saturated heterocycles. The molecular formula is C23H30N2O3S2. The van der Waals surface area contributed by atoms with Gasteiger partial charge in [0, 0.05) is 30.9 Å². The van der Waals surface area contributed by atoms with Gasteiger partial charge in [-0.2, -0.15) is 4.31 Å². The molecule has 7 heteroatoms. The second kappa shape index (κ2) is 9.20. The highest BCUT2D eigenvalue weighted by Gasteiger charge is 2.28. The first-order valence-electron chi connectivity index (χ1n) is 10.9. The van der Waals surface area contributed by atoms with Gasteiger partial charge in [-0.1, -0.05) is 25.0 Å². The summed E-state index contributed by atoms with van der Waals surface area (Å²) < 4.78 is 27.4. The van der Waals surface area contributed by atoms with Crippen LogP contribution in [0.4, 0.5) is 0 Å². The molecule has 1 atom stereocenters. The summed E-state index contributed by atoms with van der Waals surface area (Å²) in [5, 5.41) is 2.11. The largest absolute Gasteiger partial charge is 0.336 e. The lowest BCUT2D eigenvalue weighted by Gasteiger charge is -2.33. The minimum Gasteiger partial charge on any atom is -0.336 e. The smallest absolute Gasteiger partial charge is 0.243 e. The quantitative estimate of drug-likeness (QED) is 0.684. The van der Waals surface area contributed by atoms with Crippen LogP contribution in [0, 0.1) is 0 Å². The Hall–Kier alpha value is -1.70. The third-order valence-electron chi connectivity index (χ3n) is 6.35. The highest BCUT2D eigenvalue weighted by molar-refractivity contribution is 7.89. The van der Waals surface area contributed by atoms with Crippen molar-refractivity contribution in [1.29, 1.82) is 0 Å². The lowest BCUT2D eigenvalue weighted by Crippen LogP contribution is -2.38. The van der Waals surface area contributed by atoms with Crippen LogP contribution in [0.3, 0.4) is 0 Å². The van der Waals surface area contributed by atoms with E-state index in [2.05, 4.69) is 18.4 Å². The maximum atomic E-state index is 12.9. The van der Waals surface area contributed by atoms with Gasteiger partial charge in [0.25, 0.3) is 0 Å². The van der Waals surface area contributed by atoms with E-state index in [4.69, 9.17) is 0 Å². The molecule has 0 bridgehead atoms. The van der Waals surface area contributed by atoms with Crippen molar-refractivity contribution in [3.63, 3.8) is 0 Å². The van der Waals surface area contributed by atoms with Gasteiger partial charge in [-0.25, -0.2) is 8.42 Å². The molecule has 30 heavy (non-hydrogen) atoms. The third-order valence-corrected chi connectivity index (χ3v) is 9.26. The first-order valence-corrected chi connectivity index (χ1v) is 13.2. The fourth-order valence-electron chi connectivity index (χ4n) is 4.50. The van der Waals surface area contributed by atoms with Crippen LogP contribution in [0.25, 0.3) is 0 Å². The SMILES string of the molecule is C[C@@H]1c2ccsc2CCN1C(=O)CCc1ccc(S(=O)(=O)N2CCCCCC2)cc1. The molecule has 1 fully saturated rings. The highest BCUT2D eigenvalue weighted by Crippen LogP contribution is 2.33. The zero-order valence-electron chi connectivity index (χ0n) is 17.5. The highest BCUT2D eigenvalue weighted by atomic mass is 32.2. The van der Waals surface area contributed by atoms with Gasteiger partial charge in [0.2, 0.25) is 15.9 Å². The Morgan fingerprint density at radius 2 is 1.73 bits per heavy atom. The van der Waals surface area contributed by atoms with E-state index in [1.165, 1.54) is 10.4 Å². The van der Waals surface area contributed by atoms with Crippen LogP contribution in [0.2, 0.25) is 0 Å². The lowest BCUT2D eigenvalue weighted by atomic mass is 10.0. The molecule has 3 heterocycles. The first kappa shape index (κ1) is 21.5. The number of fused-ring (bicyclic) bond motifs is 1. The molecule has 162 valence electrons. The van der Waals surface area contributed by atoms with E-state index in [9.17, 15) is 13.2 Å². The van der Waals surface area contributed by atoms with Crippen LogP contribution in [-0.2, 0) is 27.7 Å². The Bertz CT molecular complexity index is 974. The average Bonchev–Trinajstić information content (AvgIpc) is 3.06. The number of benzene rings is 1. The Kier molecular flexibility index (Phi) is 6.60. The van der Waals surface area contributed by atoms with E-state index in [1.807, 2.05) is 17.0 Å². The third kappa shape index (κ3) is 4.48. The summed E-state index contributed by atoms with van der Waals surface area (Å²) in [5.74, 6) is 0.167. The summed E-state index contributed by atoms with van der Waals surface area (Å²) in [7, 11) is -3.42. The van der Waals surface area contributed by atoms with Crippen molar-refractivity contribution in [3.8, 4) is 0 Å². The van der Waals surface area contributed by atoms with E-state index in [-0.39, 0.29) is 11.9 Å². The standard InChI is InChI=1S/C23H30N2O3S2/c1-18-21-13-17-29-22(21)12-16-25(18)23(26)11-8-19-6-9-20(10-7-19)30(27,28)24-14-4-2-3-5-15-24/h6-7,9-10,13,17-18H,2-5,8,11-12,14-16H2,1H3/t18-/m1/s1. The van der Waals surface area contributed by atoms with Crippen LogP contribution in [0.15, 0.2) is 40.6 Å². The molecule has 0 radical (unpaired) electrons. The predicted octanol–water partition coefficient (Wildman–Crippen LogP) is 4.39. The molecule has 2 aliphatic rings. The topological polar surface area (TPSA) is 57.7 Å². The number of hydrogen-bond donors (Lipinski definition) is 0. The van der Waals surface area contributed by atoms with Crippen molar-refractivity contribution in [3.05, 3.63) is 51.7 Å². The monoisotopic (exact) mass is 446 g/mol. The van der Waals surface area contributed by atoms with E-state index in [1.54, 1.807) is 27.8 Å². The van der Waals surface area contributed by atoms with Gasteiger partial charge < -0.3 is 4.90 Å². The van der Waals surface area contributed by atoms with Crippen LogP contribution in [0.5, 0.6) is 0 Å². The van der Waals surface area contributed by atoms with E-state index in [0.29, 0.717) is 30.8 Å². The molecule has 5 nitrogen and oxygen atoms in total. The first-order chi connectivity index (χ1) is 14.5. The van der Waals surface area contributed by atoms with Crippen molar-refractivity contribution >= 4 is 27.3 Å². The second-order valence-corrected chi connectivity index (χ2v) is 11.2. The van der Waals surface area contributed by atoms with Gasteiger partial charge in [0.05, 0.1) is 10.9 Å². The van der Waals surface area contributed by atoms with Crippen LogP contribution in [0.1, 0.15) is 61.1 Å². The summed E-state index contributed by atoms with van der Waals surface area (Å²) in [4.78, 5) is 16.5. The summed E-state index contributed by atoms with van der Waals surface area (Å²) in [6, 6.07) is 9.37. The van der Waals surface area contributed by atoms with Gasteiger partial charge >= 0.3 is 0 Å².